The molecule has 0 bridgehead atoms. The third-order valence-electron chi connectivity index (χ3n) is 3.56. The third kappa shape index (κ3) is 5.02. The molecule has 0 heterocycles. The smallest absolute Gasteiger partial charge is 0.244 e. The summed E-state index contributed by atoms with van der Waals surface area (Å²) in [5.74, 6) is 0.890. The van der Waals surface area contributed by atoms with Gasteiger partial charge in [0.1, 0.15) is 11.8 Å². The van der Waals surface area contributed by atoms with Crippen LogP contribution in [0.25, 0.3) is 0 Å². The second-order valence-electron chi connectivity index (χ2n) is 5.50. The van der Waals surface area contributed by atoms with Gasteiger partial charge in [-0.2, -0.15) is 0 Å². The molecule has 0 aliphatic carbocycles. The molecule has 1 amide bonds. The van der Waals surface area contributed by atoms with Crippen LogP contribution in [0.4, 0.5) is 5.69 Å². The van der Waals surface area contributed by atoms with Crippen LogP contribution in [0.15, 0.2) is 54.6 Å². The van der Waals surface area contributed by atoms with Gasteiger partial charge in [-0.25, -0.2) is 0 Å². The van der Waals surface area contributed by atoms with E-state index in [9.17, 15) is 4.79 Å². The number of nitrogens with zero attached hydrogens (tertiary/aromatic N) is 1. The standard InChI is InChI=1S/C19H24N2O2/c1-4-23-18-12-10-17(11-13-18)20-15(2)19(22)21(3)14-16-8-6-5-7-9-16/h5-13,15,20H,4,14H2,1-3H3. The molecule has 1 unspecified atom stereocenters. The van der Waals surface area contributed by atoms with Crippen molar-refractivity contribution < 1.29 is 9.53 Å². The number of likely N-dealkylation sites (N-methyl/N-ethyl adjacent to an activating group) is 1. The first-order chi connectivity index (χ1) is 11.1. The van der Waals surface area contributed by atoms with E-state index >= 15 is 0 Å². The topological polar surface area (TPSA) is 41.6 Å². The van der Waals surface area contributed by atoms with E-state index in [1.54, 1.807) is 4.90 Å². The van der Waals surface area contributed by atoms with Crippen molar-refractivity contribution in [1.82, 2.24) is 4.90 Å². The molecule has 2 aromatic rings. The number of hydrogen-bond acceptors (Lipinski definition) is 3. The largest absolute Gasteiger partial charge is 0.494 e. The quantitative estimate of drug-likeness (QED) is 0.850. The lowest BCUT2D eigenvalue weighted by atomic mass is 10.2. The number of nitrogens with one attached hydrogen (secondary N) is 1. The first-order valence-corrected chi connectivity index (χ1v) is 7.88. The molecule has 0 spiro atoms. The highest BCUT2D eigenvalue weighted by Crippen LogP contribution is 2.17. The number of carbonyl (C=O) groups is 1. The molecule has 0 aliphatic rings. The van der Waals surface area contributed by atoms with Crippen LogP contribution in [0.5, 0.6) is 5.75 Å². The van der Waals surface area contributed by atoms with Gasteiger partial charge in [-0.15, -0.1) is 0 Å². The van der Waals surface area contributed by atoms with Gasteiger partial charge in [0, 0.05) is 19.3 Å². The second kappa shape index (κ2) is 8.22. The van der Waals surface area contributed by atoms with Gasteiger partial charge in [0.2, 0.25) is 5.91 Å². The molecule has 2 aromatic carbocycles. The maximum absolute atomic E-state index is 12.5. The normalized spacial score (nSPS) is 11.6. The molecule has 1 atom stereocenters. The van der Waals surface area contributed by atoms with Gasteiger partial charge in [0.15, 0.2) is 0 Å². The molecular weight excluding hydrogens is 288 g/mol. The van der Waals surface area contributed by atoms with Crippen molar-refractivity contribution in [1.29, 1.82) is 0 Å². The first-order valence-electron chi connectivity index (χ1n) is 7.88. The van der Waals surface area contributed by atoms with Crippen LogP contribution in [0.2, 0.25) is 0 Å². The highest BCUT2D eigenvalue weighted by atomic mass is 16.5. The van der Waals surface area contributed by atoms with Crippen LogP contribution in [0.1, 0.15) is 19.4 Å². The number of anilines is 1. The van der Waals surface area contributed by atoms with Crippen LogP contribution in [-0.2, 0) is 11.3 Å². The Balaban J connectivity index is 1.91. The predicted octanol–water partition coefficient (Wildman–Crippen LogP) is 3.54. The minimum atomic E-state index is -0.290. The van der Waals surface area contributed by atoms with Gasteiger partial charge >= 0.3 is 0 Å². The maximum atomic E-state index is 12.5. The van der Waals surface area contributed by atoms with Crippen LogP contribution < -0.4 is 10.1 Å². The summed E-state index contributed by atoms with van der Waals surface area (Å²) in [4.78, 5) is 14.2. The first kappa shape index (κ1) is 16.9. The lowest BCUT2D eigenvalue weighted by molar-refractivity contribution is -0.130. The molecule has 1 N–H and O–H groups in total. The second-order valence-corrected chi connectivity index (χ2v) is 5.50. The van der Waals surface area contributed by atoms with E-state index in [1.165, 1.54) is 0 Å². The molecule has 0 radical (unpaired) electrons. The number of amides is 1. The number of ether oxygens (including phenoxy) is 1. The SMILES string of the molecule is CCOc1ccc(NC(C)C(=O)N(C)Cc2ccccc2)cc1. The molecule has 4 heteroatoms. The lowest BCUT2D eigenvalue weighted by Crippen LogP contribution is -2.38. The summed E-state index contributed by atoms with van der Waals surface area (Å²) in [7, 11) is 1.83. The van der Waals surface area contributed by atoms with Gasteiger partial charge in [0.05, 0.1) is 6.61 Å². The van der Waals surface area contributed by atoms with Crippen molar-refractivity contribution in [2.45, 2.75) is 26.4 Å². The molecule has 122 valence electrons. The average molecular weight is 312 g/mol. The van der Waals surface area contributed by atoms with E-state index in [0.29, 0.717) is 13.2 Å². The molecule has 0 saturated carbocycles. The van der Waals surface area contributed by atoms with Crippen molar-refractivity contribution in [3.8, 4) is 5.75 Å². The fraction of sp³-hybridized carbons (Fsp3) is 0.316. The number of benzene rings is 2. The average Bonchev–Trinajstić information content (AvgIpc) is 2.57. The molecule has 0 saturated heterocycles. The van der Waals surface area contributed by atoms with Gasteiger partial charge in [-0.1, -0.05) is 30.3 Å². The Morgan fingerprint density at radius 3 is 2.39 bits per heavy atom. The van der Waals surface area contributed by atoms with Crippen molar-refractivity contribution in [3.63, 3.8) is 0 Å². The van der Waals surface area contributed by atoms with Crippen LogP contribution in [0, 0.1) is 0 Å². The van der Waals surface area contributed by atoms with Gasteiger partial charge < -0.3 is 15.0 Å². The Hall–Kier alpha value is -2.49. The Morgan fingerprint density at radius 2 is 1.78 bits per heavy atom. The molecular formula is C19H24N2O2. The zero-order chi connectivity index (χ0) is 16.7. The minimum Gasteiger partial charge on any atom is -0.494 e. The van der Waals surface area contributed by atoms with E-state index < -0.39 is 0 Å². The van der Waals surface area contributed by atoms with Crippen LogP contribution >= 0.6 is 0 Å². The summed E-state index contributed by atoms with van der Waals surface area (Å²) in [5, 5.41) is 3.23. The van der Waals surface area contributed by atoms with E-state index in [1.807, 2.05) is 75.5 Å². The van der Waals surface area contributed by atoms with Crippen LogP contribution in [-0.4, -0.2) is 30.5 Å². The van der Waals surface area contributed by atoms with Crippen molar-refractivity contribution in [3.05, 3.63) is 60.2 Å². The molecule has 0 aliphatic heterocycles. The van der Waals surface area contributed by atoms with Gasteiger partial charge in [-0.05, 0) is 43.7 Å². The molecule has 4 nitrogen and oxygen atoms in total. The fourth-order valence-corrected chi connectivity index (χ4v) is 2.39. The molecule has 2 rings (SSSR count). The Morgan fingerprint density at radius 1 is 1.13 bits per heavy atom. The Bertz CT molecular complexity index is 611. The number of carbonyl (C=O) groups excluding carboxylic acids is 1. The van der Waals surface area contributed by atoms with Gasteiger partial charge in [0.25, 0.3) is 0 Å². The summed E-state index contributed by atoms with van der Waals surface area (Å²) < 4.78 is 5.41. The minimum absolute atomic E-state index is 0.0581. The number of rotatable bonds is 7. The summed E-state index contributed by atoms with van der Waals surface area (Å²) in [6.45, 7) is 5.08. The zero-order valence-electron chi connectivity index (χ0n) is 14.0. The third-order valence-corrected chi connectivity index (χ3v) is 3.56. The highest BCUT2D eigenvalue weighted by Gasteiger charge is 2.17. The van der Waals surface area contributed by atoms with Gasteiger partial charge in [-0.3, -0.25) is 4.79 Å². The lowest BCUT2D eigenvalue weighted by Gasteiger charge is -2.23. The van der Waals surface area contributed by atoms with Crippen molar-refractivity contribution in [2.75, 3.05) is 19.0 Å². The van der Waals surface area contributed by atoms with Crippen molar-refractivity contribution >= 4 is 11.6 Å². The monoisotopic (exact) mass is 312 g/mol. The maximum Gasteiger partial charge on any atom is 0.244 e. The highest BCUT2D eigenvalue weighted by molar-refractivity contribution is 5.84. The van der Waals surface area contributed by atoms with Crippen LogP contribution in [0.3, 0.4) is 0 Å². The summed E-state index contributed by atoms with van der Waals surface area (Å²) in [5.41, 5.74) is 2.03. The van der Waals surface area contributed by atoms with E-state index in [4.69, 9.17) is 4.74 Å². The fourth-order valence-electron chi connectivity index (χ4n) is 2.39. The molecule has 0 aromatic heterocycles. The van der Waals surface area contributed by atoms with E-state index in [-0.39, 0.29) is 11.9 Å². The Labute approximate surface area is 138 Å². The summed E-state index contributed by atoms with van der Waals surface area (Å²) in [6, 6.07) is 17.3. The molecule has 0 fully saturated rings. The van der Waals surface area contributed by atoms with Crippen molar-refractivity contribution in [2.24, 2.45) is 0 Å². The number of hydrogen-bond donors (Lipinski definition) is 1. The predicted molar refractivity (Wildman–Crippen MR) is 93.6 cm³/mol. The summed E-state index contributed by atoms with van der Waals surface area (Å²) in [6.07, 6.45) is 0. The Kier molecular flexibility index (Phi) is 6.03. The van der Waals surface area contributed by atoms with E-state index in [2.05, 4.69) is 5.32 Å². The molecule has 23 heavy (non-hydrogen) atoms. The van der Waals surface area contributed by atoms with E-state index in [0.717, 1.165) is 17.0 Å². The zero-order valence-corrected chi connectivity index (χ0v) is 14.0. The summed E-state index contributed by atoms with van der Waals surface area (Å²) >= 11 is 0.